The van der Waals surface area contributed by atoms with Crippen LogP contribution in [0.4, 0.5) is 5.69 Å². The van der Waals surface area contributed by atoms with E-state index in [1.165, 1.54) is 18.4 Å². The zero-order valence-corrected chi connectivity index (χ0v) is 21.4. The maximum Gasteiger partial charge on any atom is 0.242 e. The second kappa shape index (κ2) is 13.5. The molecule has 0 amide bonds. The van der Waals surface area contributed by atoms with Gasteiger partial charge < -0.3 is 20.1 Å². The molecule has 0 fully saturated rings. The number of aliphatic imine (C=N–C) groups is 1. The second-order valence-electron chi connectivity index (χ2n) is 6.67. The summed E-state index contributed by atoms with van der Waals surface area (Å²) < 4.78 is 37.0. The molecule has 31 heavy (non-hydrogen) atoms. The Hall–Kier alpha value is -1.89. The number of sulfonamides is 1. The highest BCUT2D eigenvalue weighted by Crippen LogP contribution is 2.19. The van der Waals surface area contributed by atoms with Crippen LogP contribution in [0.5, 0.6) is 5.75 Å². The van der Waals surface area contributed by atoms with Gasteiger partial charge in [0.05, 0.1) is 11.5 Å². The van der Waals surface area contributed by atoms with E-state index in [4.69, 9.17) is 9.47 Å². The van der Waals surface area contributed by atoms with E-state index in [-0.39, 0.29) is 28.9 Å². The lowest BCUT2D eigenvalue weighted by atomic mass is 10.2. The summed E-state index contributed by atoms with van der Waals surface area (Å²) in [5.74, 6) is 1.26. The minimum Gasteiger partial charge on any atom is -0.493 e. The Morgan fingerprint density at radius 3 is 2.52 bits per heavy atom. The molecule has 2 rings (SSSR count). The fourth-order valence-electron chi connectivity index (χ4n) is 2.65. The van der Waals surface area contributed by atoms with Gasteiger partial charge in [-0.2, -0.15) is 0 Å². The van der Waals surface area contributed by atoms with E-state index in [0.29, 0.717) is 31.3 Å². The van der Waals surface area contributed by atoms with E-state index in [0.717, 1.165) is 17.9 Å². The van der Waals surface area contributed by atoms with Crippen molar-refractivity contribution in [2.75, 3.05) is 46.8 Å². The standard InChI is InChI=1S/C21H30N4O4S.HI/c1-22-21(24-18-10-7-11-19(15-18)29-14-8-13-28-4)23-16-17-9-5-6-12-20(17)30(26,27)25(2)3;/h5-7,9-12,15H,8,13-14,16H2,1-4H3,(H2,22,23,24);1H. The van der Waals surface area contributed by atoms with Crippen molar-refractivity contribution < 1.29 is 17.9 Å². The molecule has 0 radical (unpaired) electrons. The molecular formula is C21H31IN4O4S. The Morgan fingerprint density at radius 1 is 1.10 bits per heavy atom. The molecule has 0 aromatic heterocycles. The molecule has 2 N–H and O–H groups in total. The van der Waals surface area contributed by atoms with E-state index in [2.05, 4.69) is 15.6 Å². The SMILES string of the molecule is CN=C(NCc1ccccc1S(=O)(=O)N(C)C)Nc1cccc(OCCCOC)c1.I. The van der Waals surface area contributed by atoms with Gasteiger partial charge in [-0.15, -0.1) is 24.0 Å². The van der Waals surface area contributed by atoms with Crippen LogP contribution in [0, 0.1) is 0 Å². The molecule has 0 aliphatic rings. The van der Waals surface area contributed by atoms with Crippen molar-refractivity contribution in [3.63, 3.8) is 0 Å². The first-order valence-electron chi connectivity index (χ1n) is 9.58. The van der Waals surface area contributed by atoms with Crippen LogP contribution in [-0.4, -0.2) is 60.1 Å². The van der Waals surface area contributed by atoms with Crippen molar-refractivity contribution in [1.82, 2.24) is 9.62 Å². The van der Waals surface area contributed by atoms with Crippen molar-refractivity contribution in [2.24, 2.45) is 4.99 Å². The highest BCUT2D eigenvalue weighted by molar-refractivity contribution is 14.0. The largest absolute Gasteiger partial charge is 0.493 e. The number of hydrogen-bond donors (Lipinski definition) is 2. The number of methoxy groups -OCH3 is 1. The quantitative estimate of drug-likeness (QED) is 0.200. The predicted octanol–water partition coefficient (Wildman–Crippen LogP) is 3.16. The molecule has 0 heterocycles. The van der Waals surface area contributed by atoms with Gasteiger partial charge in [-0.1, -0.05) is 24.3 Å². The third-order valence-electron chi connectivity index (χ3n) is 4.26. The maximum atomic E-state index is 12.6. The zero-order valence-electron chi connectivity index (χ0n) is 18.3. The minimum absolute atomic E-state index is 0. The van der Waals surface area contributed by atoms with E-state index >= 15 is 0 Å². The Kier molecular flexibility index (Phi) is 11.8. The van der Waals surface area contributed by atoms with Crippen molar-refractivity contribution >= 4 is 45.6 Å². The second-order valence-corrected chi connectivity index (χ2v) is 8.79. The van der Waals surface area contributed by atoms with Gasteiger partial charge in [0.25, 0.3) is 0 Å². The molecule has 8 nitrogen and oxygen atoms in total. The third kappa shape index (κ3) is 8.28. The van der Waals surface area contributed by atoms with Crippen molar-refractivity contribution in [3.05, 3.63) is 54.1 Å². The van der Waals surface area contributed by atoms with Crippen molar-refractivity contribution in [3.8, 4) is 5.75 Å². The first kappa shape index (κ1) is 27.1. The first-order chi connectivity index (χ1) is 14.4. The van der Waals surface area contributed by atoms with Gasteiger partial charge >= 0.3 is 0 Å². The number of hydrogen-bond acceptors (Lipinski definition) is 5. The van der Waals surface area contributed by atoms with Crippen LogP contribution in [0.15, 0.2) is 58.4 Å². The molecule has 2 aromatic rings. The van der Waals surface area contributed by atoms with Gasteiger partial charge in [0.2, 0.25) is 10.0 Å². The summed E-state index contributed by atoms with van der Waals surface area (Å²) in [4.78, 5) is 4.49. The summed E-state index contributed by atoms with van der Waals surface area (Å²) >= 11 is 0. The first-order valence-corrected chi connectivity index (χ1v) is 11.0. The summed E-state index contributed by atoms with van der Waals surface area (Å²) in [6, 6.07) is 14.5. The molecule has 0 saturated carbocycles. The Balaban J connectivity index is 0.00000480. The number of rotatable bonds is 10. The summed E-state index contributed by atoms with van der Waals surface area (Å²) in [5, 5.41) is 6.36. The van der Waals surface area contributed by atoms with Crippen molar-refractivity contribution in [2.45, 2.75) is 17.9 Å². The number of guanidine groups is 1. The minimum atomic E-state index is -3.53. The van der Waals surface area contributed by atoms with Crippen LogP contribution < -0.4 is 15.4 Å². The maximum absolute atomic E-state index is 12.6. The molecule has 0 spiro atoms. The van der Waals surface area contributed by atoms with Gasteiger partial charge in [0.15, 0.2) is 5.96 Å². The molecule has 0 aliphatic heterocycles. The van der Waals surface area contributed by atoms with Crippen LogP contribution in [-0.2, 0) is 21.3 Å². The molecule has 2 aromatic carbocycles. The summed E-state index contributed by atoms with van der Waals surface area (Å²) in [5.41, 5.74) is 1.46. The lowest BCUT2D eigenvalue weighted by Gasteiger charge is -2.17. The monoisotopic (exact) mass is 562 g/mol. The third-order valence-corrected chi connectivity index (χ3v) is 6.17. The smallest absolute Gasteiger partial charge is 0.242 e. The summed E-state index contributed by atoms with van der Waals surface area (Å²) in [6.45, 7) is 1.52. The van der Waals surface area contributed by atoms with Gasteiger partial charge in [-0.05, 0) is 23.8 Å². The van der Waals surface area contributed by atoms with Crippen LogP contribution in [0.3, 0.4) is 0 Å². The normalized spacial score (nSPS) is 11.7. The number of nitrogens with zero attached hydrogens (tertiary/aromatic N) is 2. The summed E-state index contributed by atoms with van der Waals surface area (Å²) in [7, 11) is 2.82. The molecule has 0 saturated heterocycles. The Bertz CT molecular complexity index is 952. The summed E-state index contributed by atoms with van der Waals surface area (Å²) in [6.07, 6.45) is 0.812. The van der Waals surface area contributed by atoms with E-state index in [1.807, 2.05) is 30.3 Å². The fourth-order valence-corrected chi connectivity index (χ4v) is 3.77. The van der Waals surface area contributed by atoms with Crippen LogP contribution >= 0.6 is 24.0 Å². The average Bonchev–Trinajstić information content (AvgIpc) is 2.74. The molecule has 0 unspecified atom stereocenters. The predicted molar refractivity (Wildman–Crippen MR) is 135 cm³/mol. The number of benzene rings is 2. The van der Waals surface area contributed by atoms with E-state index in [1.54, 1.807) is 32.4 Å². The van der Waals surface area contributed by atoms with Gasteiger partial charge in [0, 0.05) is 59.6 Å². The Morgan fingerprint density at radius 2 is 1.84 bits per heavy atom. The van der Waals surface area contributed by atoms with Gasteiger partial charge in [-0.25, -0.2) is 12.7 Å². The topological polar surface area (TPSA) is 92.3 Å². The number of halogens is 1. The van der Waals surface area contributed by atoms with E-state index in [9.17, 15) is 8.42 Å². The highest BCUT2D eigenvalue weighted by Gasteiger charge is 2.20. The number of nitrogens with one attached hydrogen (secondary N) is 2. The van der Waals surface area contributed by atoms with Crippen LogP contribution in [0.1, 0.15) is 12.0 Å². The highest BCUT2D eigenvalue weighted by atomic mass is 127. The Labute approximate surface area is 202 Å². The van der Waals surface area contributed by atoms with Gasteiger partial charge in [-0.3, -0.25) is 4.99 Å². The van der Waals surface area contributed by atoms with E-state index < -0.39 is 10.0 Å². The average molecular weight is 562 g/mol. The molecule has 0 aliphatic carbocycles. The van der Waals surface area contributed by atoms with Crippen molar-refractivity contribution in [1.29, 1.82) is 0 Å². The number of ether oxygens (including phenoxy) is 2. The molecule has 0 bridgehead atoms. The molecule has 0 atom stereocenters. The lowest BCUT2D eigenvalue weighted by molar-refractivity contribution is 0.172. The molecule has 172 valence electrons. The zero-order chi connectivity index (χ0) is 22.0. The lowest BCUT2D eigenvalue weighted by Crippen LogP contribution is -2.31. The fraction of sp³-hybridized carbons (Fsp3) is 0.381. The molecule has 10 heteroatoms. The van der Waals surface area contributed by atoms with Crippen LogP contribution in [0.25, 0.3) is 0 Å². The van der Waals surface area contributed by atoms with Crippen LogP contribution in [0.2, 0.25) is 0 Å². The number of anilines is 1. The molecular weight excluding hydrogens is 531 g/mol. The van der Waals surface area contributed by atoms with Gasteiger partial charge in [0.1, 0.15) is 5.75 Å².